The van der Waals surface area contributed by atoms with E-state index in [1.807, 2.05) is 0 Å². The second-order valence-corrected chi connectivity index (χ2v) is 8.20. The molecule has 0 N–H and O–H groups in total. The Morgan fingerprint density at radius 2 is 1.73 bits per heavy atom. The normalized spacial score (nSPS) is 15.6. The molecule has 1 fully saturated rings. The maximum absolute atomic E-state index is 12.6. The summed E-state index contributed by atoms with van der Waals surface area (Å²) in [6, 6.07) is 6.57. The molecule has 1 aliphatic heterocycles. The van der Waals surface area contributed by atoms with Crippen LogP contribution in [0.15, 0.2) is 24.3 Å². The fourth-order valence-electron chi connectivity index (χ4n) is 3.14. The van der Waals surface area contributed by atoms with Crippen LogP contribution in [0.5, 0.6) is 0 Å². The van der Waals surface area contributed by atoms with Gasteiger partial charge >= 0.3 is 5.97 Å². The van der Waals surface area contributed by atoms with Crippen LogP contribution < -0.4 is 4.31 Å². The van der Waals surface area contributed by atoms with Gasteiger partial charge in [-0.25, -0.2) is 8.42 Å². The molecular formula is C18H26N2O5S. The molecular weight excluding hydrogens is 356 g/mol. The average Bonchev–Trinajstić information content (AvgIpc) is 2.61. The number of rotatable bonds is 6. The van der Waals surface area contributed by atoms with Gasteiger partial charge in [0.1, 0.15) is 0 Å². The van der Waals surface area contributed by atoms with Gasteiger partial charge in [-0.1, -0.05) is 0 Å². The first-order valence-electron chi connectivity index (χ1n) is 8.81. The van der Waals surface area contributed by atoms with E-state index in [0.29, 0.717) is 50.3 Å². The number of nitrogens with zero attached hydrogens (tertiary/aromatic N) is 2. The van der Waals surface area contributed by atoms with Crippen LogP contribution in [0.25, 0.3) is 0 Å². The Bertz CT molecular complexity index is 737. The highest BCUT2D eigenvalue weighted by Crippen LogP contribution is 2.22. The van der Waals surface area contributed by atoms with Crippen LogP contribution in [-0.2, 0) is 19.6 Å². The van der Waals surface area contributed by atoms with Gasteiger partial charge in [0.2, 0.25) is 10.0 Å². The van der Waals surface area contributed by atoms with E-state index >= 15 is 0 Å². The molecule has 26 heavy (non-hydrogen) atoms. The first kappa shape index (κ1) is 20.2. The molecule has 1 amide bonds. The van der Waals surface area contributed by atoms with Gasteiger partial charge in [0.25, 0.3) is 5.91 Å². The smallest absolute Gasteiger partial charge is 0.309 e. The number of anilines is 1. The van der Waals surface area contributed by atoms with E-state index < -0.39 is 10.0 Å². The largest absolute Gasteiger partial charge is 0.466 e. The third-order valence-corrected chi connectivity index (χ3v) is 5.76. The Balaban J connectivity index is 2.02. The Hall–Kier alpha value is -2.09. The lowest BCUT2D eigenvalue weighted by Crippen LogP contribution is -2.40. The molecule has 2 rings (SSSR count). The standard InChI is InChI=1S/C18H26N2O5S/c1-4-20(26(3,23)24)16-8-6-14(7-9-16)17(21)19-12-10-15(11-13-19)18(22)25-5-2/h6-9,15H,4-5,10-13H2,1-3H3. The second kappa shape index (κ2) is 8.53. The van der Waals surface area contributed by atoms with E-state index in [2.05, 4.69) is 0 Å². The number of ether oxygens (including phenoxy) is 1. The average molecular weight is 382 g/mol. The number of piperidine rings is 1. The molecule has 144 valence electrons. The number of sulfonamides is 1. The van der Waals surface area contributed by atoms with Crippen molar-refractivity contribution in [2.45, 2.75) is 26.7 Å². The maximum Gasteiger partial charge on any atom is 0.309 e. The number of carbonyl (C=O) groups is 2. The Kier molecular flexibility index (Phi) is 6.63. The number of benzene rings is 1. The van der Waals surface area contributed by atoms with Crippen molar-refractivity contribution in [3.8, 4) is 0 Å². The van der Waals surface area contributed by atoms with Crippen molar-refractivity contribution < 1.29 is 22.7 Å². The van der Waals surface area contributed by atoms with Gasteiger partial charge in [0.05, 0.1) is 24.5 Å². The van der Waals surface area contributed by atoms with Crippen LogP contribution in [0, 0.1) is 5.92 Å². The molecule has 0 aromatic heterocycles. The van der Waals surface area contributed by atoms with Gasteiger partial charge in [-0.2, -0.15) is 0 Å². The molecule has 0 radical (unpaired) electrons. The summed E-state index contributed by atoms with van der Waals surface area (Å²) < 4.78 is 29.9. The molecule has 1 aromatic carbocycles. The van der Waals surface area contributed by atoms with E-state index in [9.17, 15) is 18.0 Å². The van der Waals surface area contributed by atoms with Crippen molar-refractivity contribution in [2.75, 3.05) is 36.8 Å². The SMILES string of the molecule is CCOC(=O)C1CCN(C(=O)c2ccc(N(CC)S(C)(=O)=O)cc2)CC1. The summed E-state index contributed by atoms with van der Waals surface area (Å²) >= 11 is 0. The van der Waals surface area contributed by atoms with Gasteiger partial charge in [-0.05, 0) is 51.0 Å². The molecule has 0 aliphatic carbocycles. The van der Waals surface area contributed by atoms with E-state index in [1.165, 1.54) is 4.31 Å². The molecule has 0 bridgehead atoms. The van der Waals surface area contributed by atoms with E-state index in [4.69, 9.17) is 4.74 Å². The summed E-state index contributed by atoms with van der Waals surface area (Å²) in [5, 5.41) is 0. The molecule has 0 atom stereocenters. The minimum Gasteiger partial charge on any atom is -0.466 e. The lowest BCUT2D eigenvalue weighted by atomic mass is 9.96. The highest BCUT2D eigenvalue weighted by atomic mass is 32.2. The number of likely N-dealkylation sites (tertiary alicyclic amines) is 1. The van der Waals surface area contributed by atoms with Crippen molar-refractivity contribution in [1.82, 2.24) is 4.90 Å². The zero-order valence-corrected chi connectivity index (χ0v) is 16.3. The fraction of sp³-hybridized carbons (Fsp3) is 0.556. The molecule has 8 heteroatoms. The van der Waals surface area contributed by atoms with Crippen molar-refractivity contribution in [1.29, 1.82) is 0 Å². The van der Waals surface area contributed by atoms with Crippen molar-refractivity contribution in [3.05, 3.63) is 29.8 Å². The first-order valence-corrected chi connectivity index (χ1v) is 10.7. The minimum atomic E-state index is -3.35. The monoisotopic (exact) mass is 382 g/mol. The van der Waals surface area contributed by atoms with Gasteiger partial charge in [-0.3, -0.25) is 13.9 Å². The molecule has 1 aliphatic rings. The first-order chi connectivity index (χ1) is 12.3. The second-order valence-electron chi connectivity index (χ2n) is 6.29. The van der Waals surface area contributed by atoms with Gasteiger partial charge in [0.15, 0.2) is 0 Å². The third-order valence-electron chi connectivity index (χ3n) is 4.49. The number of carbonyl (C=O) groups excluding carboxylic acids is 2. The summed E-state index contributed by atoms with van der Waals surface area (Å²) in [4.78, 5) is 26.1. The quantitative estimate of drug-likeness (QED) is 0.702. The molecule has 7 nitrogen and oxygen atoms in total. The molecule has 0 unspecified atom stereocenters. The topological polar surface area (TPSA) is 84.0 Å². The third kappa shape index (κ3) is 4.75. The summed E-state index contributed by atoms with van der Waals surface area (Å²) in [5.41, 5.74) is 1.04. The van der Waals surface area contributed by atoms with E-state index in [-0.39, 0.29) is 17.8 Å². The van der Waals surface area contributed by atoms with Crippen LogP contribution in [0.1, 0.15) is 37.0 Å². The molecule has 0 saturated carbocycles. The van der Waals surface area contributed by atoms with Gasteiger partial charge in [-0.15, -0.1) is 0 Å². The number of hydrogen-bond donors (Lipinski definition) is 0. The van der Waals surface area contributed by atoms with Gasteiger partial charge in [0, 0.05) is 25.2 Å². The number of amides is 1. The number of esters is 1. The van der Waals surface area contributed by atoms with E-state index in [1.54, 1.807) is 43.0 Å². The summed E-state index contributed by atoms with van der Waals surface area (Å²) in [7, 11) is -3.35. The number of hydrogen-bond acceptors (Lipinski definition) is 5. The Morgan fingerprint density at radius 1 is 1.15 bits per heavy atom. The van der Waals surface area contributed by atoms with Crippen LogP contribution in [-0.4, -0.2) is 57.7 Å². The molecule has 1 saturated heterocycles. The predicted molar refractivity (Wildman–Crippen MR) is 99.6 cm³/mol. The van der Waals surface area contributed by atoms with Crippen molar-refractivity contribution in [2.24, 2.45) is 5.92 Å². The summed E-state index contributed by atoms with van der Waals surface area (Å²) in [6.07, 6.45) is 2.35. The predicted octanol–water partition coefficient (Wildman–Crippen LogP) is 1.89. The molecule has 0 spiro atoms. The maximum atomic E-state index is 12.6. The highest BCUT2D eigenvalue weighted by molar-refractivity contribution is 7.92. The molecule has 1 aromatic rings. The Morgan fingerprint density at radius 3 is 2.19 bits per heavy atom. The minimum absolute atomic E-state index is 0.110. The lowest BCUT2D eigenvalue weighted by Gasteiger charge is -2.31. The van der Waals surface area contributed by atoms with Crippen LogP contribution in [0.3, 0.4) is 0 Å². The van der Waals surface area contributed by atoms with Crippen molar-refractivity contribution >= 4 is 27.6 Å². The Labute approximate surface area is 155 Å². The molecule has 1 heterocycles. The highest BCUT2D eigenvalue weighted by Gasteiger charge is 2.28. The van der Waals surface area contributed by atoms with Crippen LogP contribution >= 0.6 is 0 Å². The fourth-order valence-corrected chi connectivity index (χ4v) is 4.11. The van der Waals surface area contributed by atoms with E-state index in [0.717, 1.165) is 6.26 Å². The van der Waals surface area contributed by atoms with Gasteiger partial charge < -0.3 is 9.64 Å². The summed E-state index contributed by atoms with van der Waals surface area (Å²) in [6.45, 7) is 5.25. The summed E-state index contributed by atoms with van der Waals surface area (Å²) in [5.74, 6) is -0.445. The van der Waals surface area contributed by atoms with Crippen molar-refractivity contribution in [3.63, 3.8) is 0 Å². The zero-order valence-electron chi connectivity index (χ0n) is 15.5. The zero-order chi connectivity index (χ0) is 19.3. The van der Waals surface area contributed by atoms with Crippen LogP contribution in [0.4, 0.5) is 5.69 Å². The lowest BCUT2D eigenvalue weighted by molar-refractivity contribution is -0.149. The van der Waals surface area contributed by atoms with Crippen LogP contribution in [0.2, 0.25) is 0 Å².